The average Bonchev–Trinajstić information content (AvgIpc) is 2.92. The molecule has 0 atom stereocenters. The van der Waals surface area contributed by atoms with Crippen molar-refractivity contribution in [3.8, 4) is 5.69 Å². The van der Waals surface area contributed by atoms with Gasteiger partial charge in [0.25, 0.3) is 0 Å². The number of carbonyl (C=O) groups excluding carboxylic acids is 1. The second kappa shape index (κ2) is 6.01. The summed E-state index contributed by atoms with van der Waals surface area (Å²) in [4.78, 5) is 15.9. The van der Waals surface area contributed by atoms with Crippen LogP contribution in [0.1, 0.15) is 0 Å². The summed E-state index contributed by atoms with van der Waals surface area (Å²) in [6.45, 7) is 0. The Hall–Kier alpha value is -2.27. The summed E-state index contributed by atoms with van der Waals surface area (Å²) in [6, 6.07) is 15.8. The molecule has 0 radical (unpaired) electrons. The molecule has 0 aliphatic heterocycles. The van der Waals surface area contributed by atoms with Gasteiger partial charge in [-0.05, 0) is 42.7 Å². The van der Waals surface area contributed by atoms with Gasteiger partial charge in [-0.25, -0.2) is 4.98 Å². The number of nitrogens with zero attached hydrogens (tertiary/aromatic N) is 2. The third kappa shape index (κ3) is 2.92. The highest BCUT2D eigenvalue weighted by Gasteiger charge is 2.05. The number of thioether (sulfide) groups is 1. The Bertz CT molecular complexity index is 765. The smallest absolute Gasteiger partial charge is 0.234 e. The molecule has 0 aliphatic rings. The van der Waals surface area contributed by atoms with Gasteiger partial charge in [0.1, 0.15) is 6.33 Å². The van der Waals surface area contributed by atoms with Crippen molar-refractivity contribution in [1.82, 2.24) is 9.55 Å². The molecule has 5 heteroatoms. The Morgan fingerprint density at radius 1 is 1.19 bits per heavy atom. The Balaban J connectivity index is 1.85. The topological polar surface area (TPSA) is 46.9 Å². The van der Waals surface area contributed by atoms with Crippen LogP contribution in [0.3, 0.4) is 0 Å². The standard InChI is InChI=1S/C16H15N3OS/c1-21-10-16(20)18-12-6-8-13(9-7-12)19-11-17-14-4-2-3-5-15(14)19/h2-9,11H,10H2,1H3,(H,18,20). The molecular weight excluding hydrogens is 282 g/mol. The van der Waals surface area contributed by atoms with E-state index < -0.39 is 0 Å². The third-order valence-electron chi connectivity index (χ3n) is 3.16. The quantitative estimate of drug-likeness (QED) is 0.803. The van der Waals surface area contributed by atoms with E-state index in [4.69, 9.17) is 0 Å². The van der Waals surface area contributed by atoms with Crippen LogP contribution in [0.15, 0.2) is 54.9 Å². The number of fused-ring (bicyclic) bond motifs is 1. The fourth-order valence-corrected chi connectivity index (χ4v) is 2.53. The maximum Gasteiger partial charge on any atom is 0.234 e. The molecule has 21 heavy (non-hydrogen) atoms. The Labute approximate surface area is 127 Å². The van der Waals surface area contributed by atoms with E-state index in [-0.39, 0.29) is 5.91 Å². The number of nitrogens with one attached hydrogen (secondary N) is 1. The highest BCUT2D eigenvalue weighted by atomic mass is 32.2. The van der Waals surface area contributed by atoms with E-state index in [0.29, 0.717) is 5.75 Å². The van der Waals surface area contributed by atoms with Crippen molar-refractivity contribution in [2.24, 2.45) is 0 Å². The van der Waals surface area contributed by atoms with Crippen LogP contribution in [0.25, 0.3) is 16.7 Å². The van der Waals surface area contributed by atoms with Crippen LogP contribution >= 0.6 is 11.8 Å². The minimum atomic E-state index is 0.0170. The number of aromatic nitrogens is 2. The lowest BCUT2D eigenvalue weighted by molar-refractivity contribution is -0.113. The zero-order chi connectivity index (χ0) is 14.7. The molecule has 0 saturated carbocycles. The van der Waals surface area contributed by atoms with Gasteiger partial charge in [-0.15, -0.1) is 0 Å². The van der Waals surface area contributed by atoms with E-state index in [9.17, 15) is 4.79 Å². The van der Waals surface area contributed by atoms with Crippen LogP contribution in [0.2, 0.25) is 0 Å². The summed E-state index contributed by atoms with van der Waals surface area (Å²) in [5.74, 6) is 0.483. The molecule has 3 rings (SSSR count). The minimum Gasteiger partial charge on any atom is -0.325 e. The van der Waals surface area contributed by atoms with E-state index in [1.54, 1.807) is 0 Å². The summed E-state index contributed by atoms with van der Waals surface area (Å²) < 4.78 is 2.03. The lowest BCUT2D eigenvalue weighted by Crippen LogP contribution is -2.13. The first kappa shape index (κ1) is 13.7. The Morgan fingerprint density at radius 2 is 1.95 bits per heavy atom. The van der Waals surface area contributed by atoms with Gasteiger partial charge in [0.2, 0.25) is 5.91 Å². The Morgan fingerprint density at radius 3 is 2.71 bits per heavy atom. The van der Waals surface area contributed by atoms with Crippen molar-refractivity contribution in [1.29, 1.82) is 0 Å². The number of para-hydroxylation sites is 2. The number of anilines is 1. The van der Waals surface area contributed by atoms with Crippen LogP contribution in [0, 0.1) is 0 Å². The van der Waals surface area contributed by atoms with Crippen molar-refractivity contribution in [3.63, 3.8) is 0 Å². The lowest BCUT2D eigenvalue weighted by atomic mass is 10.2. The van der Waals surface area contributed by atoms with Crippen molar-refractivity contribution in [3.05, 3.63) is 54.9 Å². The predicted molar refractivity (Wildman–Crippen MR) is 88.1 cm³/mol. The van der Waals surface area contributed by atoms with Gasteiger partial charge in [0, 0.05) is 11.4 Å². The van der Waals surface area contributed by atoms with E-state index in [1.165, 1.54) is 11.8 Å². The first-order chi connectivity index (χ1) is 10.3. The molecule has 1 N–H and O–H groups in total. The summed E-state index contributed by atoms with van der Waals surface area (Å²) in [5, 5.41) is 2.87. The maximum atomic E-state index is 11.6. The molecule has 3 aromatic rings. The van der Waals surface area contributed by atoms with Crippen molar-refractivity contribution in [2.45, 2.75) is 0 Å². The zero-order valence-electron chi connectivity index (χ0n) is 11.6. The number of hydrogen-bond acceptors (Lipinski definition) is 3. The van der Waals surface area contributed by atoms with Gasteiger partial charge >= 0.3 is 0 Å². The van der Waals surface area contributed by atoms with Crippen molar-refractivity contribution >= 4 is 34.4 Å². The van der Waals surface area contributed by atoms with Crippen molar-refractivity contribution in [2.75, 3.05) is 17.3 Å². The molecule has 4 nitrogen and oxygen atoms in total. The average molecular weight is 297 g/mol. The largest absolute Gasteiger partial charge is 0.325 e. The molecule has 1 heterocycles. The highest BCUT2D eigenvalue weighted by molar-refractivity contribution is 7.99. The van der Waals surface area contributed by atoms with Crippen LogP contribution in [-0.4, -0.2) is 27.5 Å². The number of imidazole rings is 1. The number of hydrogen-bond donors (Lipinski definition) is 1. The van der Waals surface area contributed by atoms with Gasteiger partial charge in [-0.1, -0.05) is 12.1 Å². The number of rotatable bonds is 4. The molecule has 106 valence electrons. The van der Waals surface area contributed by atoms with E-state index in [0.717, 1.165) is 22.4 Å². The van der Waals surface area contributed by atoms with E-state index >= 15 is 0 Å². The van der Waals surface area contributed by atoms with E-state index in [1.807, 2.05) is 65.7 Å². The summed E-state index contributed by atoms with van der Waals surface area (Å²) >= 11 is 1.51. The molecule has 0 unspecified atom stereocenters. The second-order valence-electron chi connectivity index (χ2n) is 4.63. The molecule has 2 aromatic carbocycles. The van der Waals surface area contributed by atoms with Gasteiger partial charge in [0.05, 0.1) is 16.8 Å². The zero-order valence-corrected chi connectivity index (χ0v) is 12.4. The number of carbonyl (C=O) groups is 1. The van der Waals surface area contributed by atoms with Crippen LogP contribution in [0.5, 0.6) is 0 Å². The van der Waals surface area contributed by atoms with Gasteiger partial charge < -0.3 is 5.32 Å². The Kier molecular flexibility index (Phi) is 3.92. The minimum absolute atomic E-state index is 0.0170. The SMILES string of the molecule is CSCC(=O)Nc1ccc(-n2cnc3ccccc32)cc1. The normalized spacial score (nSPS) is 10.7. The maximum absolute atomic E-state index is 11.6. The number of benzene rings is 2. The molecule has 0 fully saturated rings. The molecule has 1 amide bonds. The first-order valence-corrected chi connectivity index (χ1v) is 7.98. The predicted octanol–water partition coefficient (Wildman–Crippen LogP) is 3.33. The van der Waals surface area contributed by atoms with Crippen LogP contribution in [0.4, 0.5) is 5.69 Å². The van der Waals surface area contributed by atoms with Gasteiger partial charge in [-0.3, -0.25) is 9.36 Å². The fourth-order valence-electron chi connectivity index (χ4n) is 2.20. The summed E-state index contributed by atoms with van der Waals surface area (Å²) in [5.41, 5.74) is 3.86. The molecule has 0 saturated heterocycles. The van der Waals surface area contributed by atoms with Crippen LogP contribution in [-0.2, 0) is 4.79 Å². The van der Waals surface area contributed by atoms with Gasteiger partial charge in [0.15, 0.2) is 0 Å². The number of amides is 1. The van der Waals surface area contributed by atoms with Crippen molar-refractivity contribution < 1.29 is 4.79 Å². The summed E-state index contributed by atoms with van der Waals surface area (Å²) in [7, 11) is 0. The van der Waals surface area contributed by atoms with Crippen LogP contribution < -0.4 is 5.32 Å². The molecule has 0 spiro atoms. The highest BCUT2D eigenvalue weighted by Crippen LogP contribution is 2.19. The molecule has 1 aromatic heterocycles. The second-order valence-corrected chi connectivity index (χ2v) is 5.50. The molecule has 0 bridgehead atoms. The van der Waals surface area contributed by atoms with E-state index in [2.05, 4.69) is 10.3 Å². The lowest BCUT2D eigenvalue weighted by Gasteiger charge is -2.07. The summed E-state index contributed by atoms with van der Waals surface area (Å²) in [6.07, 6.45) is 3.72. The third-order valence-corrected chi connectivity index (χ3v) is 3.71. The first-order valence-electron chi connectivity index (χ1n) is 6.59. The monoisotopic (exact) mass is 297 g/mol. The van der Waals surface area contributed by atoms with Gasteiger partial charge in [-0.2, -0.15) is 11.8 Å². The molecule has 0 aliphatic carbocycles. The fraction of sp³-hybridized carbons (Fsp3) is 0.125. The molecular formula is C16H15N3OS.